The van der Waals surface area contributed by atoms with E-state index in [4.69, 9.17) is 16.7 Å². The van der Waals surface area contributed by atoms with E-state index in [-0.39, 0.29) is 24.9 Å². The van der Waals surface area contributed by atoms with E-state index in [0.717, 1.165) is 0 Å². The molecule has 0 radical (unpaired) electrons. The quantitative estimate of drug-likeness (QED) is 0.887. The van der Waals surface area contributed by atoms with Gasteiger partial charge in [0.1, 0.15) is 0 Å². The van der Waals surface area contributed by atoms with E-state index in [9.17, 15) is 9.59 Å². The van der Waals surface area contributed by atoms with Crippen LogP contribution in [-0.2, 0) is 4.79 Å². The minimum absolute atomic E-state index is 0.0743. The minimum atomic E-state index is -0.923. The van der Waals surface area contributed by atoms with E-state index in [1.807, 2.05) is 13.8 Å². The fourth-order valence-corrected chi connectivity index (χ4v) is 2.48. The first kappa shape index (κ1) is 16.0. The summed E-state index contributed by atoms with van der Waals surface area (Å²) in [5, 5.41) is 9.26. The number of carbonyl (C=O) groups excluding carboxylic acids is 1. The summed E-state index contributed by atoms with van der Waals surface area (Å²) in [5.41, 5.74) is 0.475. The Balaban J connectivity index is 2.95. The second-order valence-electron chi connectivity index (χ2n) is 4.36. The van der Waals surface area contributed by atoms with Gasteiger partial charge in [0.15, 0.2) is 0 Å². The molecule has 0 saturated heterocycles. The third-order valence-corrected chi connectivity index (χ3v) is 3.50. The lowest BCUT2D eigenvalue weighted by Crippen LogP contribution is -2.38. The maximum atomic E-state index is 12.4. The summed E-state index contributed by atoms with van der Waals surface area (Å²) in [7, 11) is 0. The molecule has 6 heteroatoms. The van der Waals surface area contributed by atoms with Gasteiger partial charge in [0.05, 0.1) is 12.0 Å². The van der Waals surface area contributed by atoms with Crippen LogP contribution in [0.25, 0.3) is 0 Å². The van der Waals surface area contributed by atoms with Crippen molar-refractivity contribution in [3.8, 4) is 0 Å². The molecule has 0 saturated carbocycles. The Kier molecular flexibility index (Phi) is 5.82. The highest BCUT2D eigenvalue weighted by Crippen LogP contribution is 2.23. The average molecular weight is 349 g/mol. The molecule has 19 heavy (non-hydrogen) atoms. The number of benzene rings is 1. The van der Waals surface area contributed by atoms with Crippen LogP contribution < -0.4 is 0 Å². The van der Waals surface area contributed by atoms with Crippen LogP contribution in [0.1, 0.15) is 30.6 Å². The van der Waals surface area contributed by atoms with Gasteiger partial charge in [-0.15, -0.1) is 0 Å². The van der Waals surface area contributed by atoms with Crippen molar-refractivity contribution in [1.29, 1.82) is 0 Å². The lowest BCUT2D eigenvalue weighted by atomic mass is 10.1. The predicted octanol–water partition coefficient (Wildman–Crippen LogP) is 3.43. The maximum absolute atomic E-state index is 12.4. The first-order valence-electron chi connectivity index (χ1n) is 5.80. The molecular weight excluding hydrogens is 334 g/mol. The second-order valence-corrected chi connectivity index (χ2v) is 5.65. The van der Waals surface area contributed by atoms with Gasteiger partial charge in [-0.1, -0.05) is 11.6 Å². The lowest BCUT2D eigenvalue weighted by Gasteiger charge is -2.26. The molecular formula is C13H15BrClNO3. The van der Waals surface area contributed by atoms with Crippen LogP contribution in [-0.4, -0.2) is 34.5 Å². The monoisotopic (exact) mass is 347 g/mol. The molecule has 1 N–H and O–H groups in total. The Bertz CT molecular complexity index is 491. The van der Waals surface area contributed by atoms with Crippen LogP contribution in [0.3, 0.4) is 0 Å². The van der Waals surface area contributed by atoms with Gasteiger partial charge in [-0.25, -0.2) is 0 Å². The molecule has 1 aromatic carbocycles. The first-order chi connectivity index (χ1) is 8.82. The average Bonchev–Trinajstić information content (AvgIpc) is 2.27. The molecule has 4 nitrogen and oxygen atoms in total. The molecule has 0 aliphatic heterocycles. The number of carboxylic acids is 1. The van der Waals surface area contributed by atoms with Crippen molar-refractivity contribution in [2.75, 3.05) is 6.54 Å². The number of aliphatic carboxylic acids is 1. The fourth-order valence-electron chi connectivity index (χ4n) is 1.63. The van der Waals surface area contributed by atoms with Crippen molar-refractivity contribution in [2.24, 2.45) is 0 Å². The molecule has 0 aromatic heterocycles. The number of carboxylic acid groups (broad SMARTS) is 1. The van der Waals surface area contributed by atoms with E-state index in [1.165, 1.54) is 4.90 Å². The summed E-state index contributed by atoms with van der Waals surface area (Å²) in [5.74, 6) is -1.13. The zero-order chi connectivity index (χ0) is 14.6. The molecule has 0 fully saturated rings. The number of hydrogen-bond donors (Lipinski definition) is 1. The number of nitrogens with zero attached hydrogens (tertiary/aromatic N) is 1. The Morgan fingerprint density at radius 1 is 1.42 bits per heavy atom. The van der Waals surface area contributed by atoms with Gasteiger partial charge in [-0.3, -0.25) is 9.59 Å². The highest BCUT2D eigenvalue weighted by Gasteiger charge is 2.21. The number of rotatable bonds is 5. The SMILES string of the molecule is CC(C)N(CCC(=O)O)C(=O)c1ccc(Cl)cc1Br. The van der Waals surface area contributed by atoms with Crippen molar-refractivity contribution in [2.45, 2.75) is 26.3 Å². The highest BCUT2D eigenvalue weighted by atomic mass is 79.9. The van der Waals surface area contributed by atoms with E-state index < -0.39 is 5.97 Å². The van der Waals surface area contributed by atoms with E-state index in [0.29, 0.717) is 15.1 Å². The highest BCUT2D eigenvalue weighted by molar-refractivity contribution is 9.10. The van der Waals surface area contributed by atoms with Gasteiger partial charge < -0.3 is 10.0 Å². The zero-order valence-corrected chi connectivity index (χ0v) is 13.0. The standard InChI is InChI=1S/C13H15BrClNO3/c1-8(2)16(6-5-12(17)18)13(19)10-4-3-9(15)7-11(10)14/h3-4,7-8H,5-6H2,1-2H3,(H,17,18). The van der Waals surface area contributed by atoms with Crippen LogP contribution in [0.15, 0.2) is 22.7 Å². The summed E-state index contributed by atoms with van der Waals surface area (Å²) < 4.78 is 0.603. The van der Waals surface area contributed by atoms with E-state index in [2.05, 4.69) is 15.9 Å². The van der Waals surface area contributed by atoms with Crippen molar-refractivity contribution in [1.82, 2.24) is 4.90 Å². The molecule has 0 bridgehead atoms. The van der Waals surface area contributed by atoms with E-state index >= 15 is 0 Å². The number of hydrogen-bond acceptors (Lipinski definition) is 2. The van der Waals surface area contributed by atoms with Gasteiger partial charge in [0.25, 0.3) is 5.91 Å². The fraction of sp³-hybridized carbons (Fsp3) is 0.385. The summed E-state index contributed by atoms with van der Waals surface area (Å²) in [6, 6.07) is 4.83. The Morgan fingerprint density at radius 2 is 2.05 bits per heavy atom. The van der Waals surface area contributed by atoms with Crippen LogP contribution >= 0.6 is 27.5 Å². The van der Waals surface area contributed by atoms with Gasteiger partial charge in [-0.05, 0) is 48.0 Å². The molecule has 1 rings (SSSR count). The molecule has 0 spiro atoms. The second kappa shape index (κ2) is 6.91. The summed E-state index contributed by atoms with van der Waals surface area (Å²) >= 11 is 9.13. The Labute approximate surface area is 125 Å². The summed E-state index contributed by atoms with van der Waals surface area (Å²) in [6.07, 6.45) is -0.0743. The topological polar surface area (TPSA) is 57.6 Å². The Morgan fingerprint density at radius 3 is 2.53 bits per heavy atom. The van der Waals surface area contributed by atoms with Crippen molar-refractivity contribution >= 4 is 39.4 Å². The third kappa shape index (κ3) is 4.51. The van der Waals surface area contributed by atoms with Crippen LogP contribution in [0.4, 0.5) is 0 Å². The number of amides is 1. The van der Waals surface area contributed by atoms with Crippen LogP contribution in [0.5, 0.6) is 0 Å². The van der Waals surface area contributed by atoms with Gasteiger partial charge >= 0.3 is 5.97 Å². The lowest BCUT2D eigenvalue weighted by molar-refractivity contribution is -0.137. The smallest absolute Gasteiger partial charge is 0.305 e. The Hall–Kier alpha value is -1.07. The summed E-state index contributed by atoms with van der Waals surface area (Å²) in [6.45, 7) is 3.88. The van der Waals surface area contributed by atoms with Crippen molar-refractivity contribution in [3.63, 3.8) is 0 Å². The summed E-state index contributed by atoms with van der Waals surface area (Å²) in [4.78, 5) is 24.6. The predicted molar refractivity (Wildman–Crippen MR) is 77.6 cm³/mol. The van der Waals surface area contributed by atoms with E-state index in [1.54, 1.807) is 18.2 Å². The van der Waals surface area contributed by atoms with Crippen LogP contribution in [0.2, 0.25) is 5.02 Å². The van der Waals surface area contributed by atoms with Gasteiger partial charge in [0.2, 0.25) is 0 Å². The minimum Gasteiger partial charge on any atom is -0.481 e. The molecule has 1 amide bonds. The molecule has 0 unspecified atom stereocenters. The molecule has 0 atom stereocenters. The number of carbonyl (C=O) groups is 2. The molecule has 1 aromatic rings. The maximum Gasteiger partial charge on any atom is 0.305 e. The number of halogens is 2. The van der Waals surface area contributed by atoms with Crippen molar-refractivity contribution in [3.05, 3.63) is 33.3 Å². The third-order valence-electron chi connectivity index (χ3n) is 2.61. The molecule has 104 valence electrons. The molecule has 0 heterocycles. The van der Waals surface area contributed by atoms with Crippen LogP contribution in [0, 0.1) is 0 Å². The molecule has 0 aliphatic carbocycles. The normalized spacial score (nSPS) is 10.6. The van der Waals surface area contributed by atoms with Gasteiger partial charge in [0, 0.05) is 22.1 Å². The van der Waals surface area contributed by atoms with Crippen molar-refractivity contribution < 1.29 is 14.7 Å². The first-order valence-corrected chi connectivity index (χ1v) is 6.98. The molecule has 0 aliphatic rings. The largest absolute Gasteiger partial charge is 0.481 e. The zero-order valence-electron chi connectivity index (χ0n) is 10.7. The van der Waals surface area contributed by atoms with Gasteiger partial charge in [-0.2, -0.15) is 0 Å².